The lowest BCUT2D eigenvalue weighted by molar-refractivity contribution is 0.973. The Labute approximate surface area is 109 Å². The Balaban J connectivity index is 2.20. The Kier molecular flexibility index (Phi) is 1.89. The molecule has 0 radical (unpaired) electrons. The molecule has 0 fully saturated rings. The van der Waals surface area contributed by atoms with Crippen LogP contribution < -0.4 is 0 Å². The van der Waals surface area contributed by atoms with Crippen molar-refractivity contribution in [2.75, 3.05) is 0 Å². The molecule has 0 amide bonds. The van der Waals surface area contributed by atoms with Gasteiger partial charge in [-0.3, -0.25) is 0 Å². The molecule has 0 N–H and O–H groups in total. The molecule has 0 heterocycles. The highest BCUT2D eigenvalue weighted by Gasteiger charge is 2.29. The molecule has 17 heavy (non-hydrogen) atoms. The third-order valence-corrected chi connectivity index (χ3v) is 4.57. The highest BCUT2D eigenvalue weighted by atomic mass is 79.9. The normalized spacial score (nSPS) is 15.8. The SMILES string of the molecule is BrC1=C2c3ccccc3-c3cccc(c32)CC1. The summed E-state index contributed by atoms with van der Waals surface area (Å²) in [5, 5.41) is 0. The van der Waals surface area contributed by atoms with Gasteiger partial charge in [-0.2, -0.15) is 0 Å². The van der Waals surface area contributed by atoms with E-state index in [0.717, 1.165) is 12.8 Å². The number of benzene rings is 2. The molecule has 0 aromatic heterocycles. The maximum atomic E-state index is 3.77. The van der Waals surface area contributed by atoms with Gasteiger partial charge in [0.05, 0.1) is 0 Å². The first-order valence-corrected chi connectivity index (χ1v) is 6.76. The van der Waals surface area contributed by atoms with Gasteiger partial charge in [-0.25, -0.2) is 0 Å². The van der Waals surface area contributed by atoms with E-state index >= 15 is 0 Å². The minimum absolute atomic E-state index is 1.13. The van der Waals surface area contributed by atoms with Gasteiger partial charge in [-0.1, -0.05) is 58.4 Å². The van der Waals surface area contributed by atoms with Crippen LogP contribution in [0.25, 0.3) is 16.7 Å². The zero-order chi connectivity index (χ0) is 11.4. The minimum atomic E-state index is 1.13. The van der Waals surface area contributed by atoms with E-state index in [-0.39, 0.29) is 0 Å². The van der Waals surface area contributed by atoms with E-state index in [0.29, 0.717) is 0 Å². The summed E-state index contributed by atoms with van der Waals surface area (Å²) in [7, 11) is 0. The fourth-order valence-electron chi connectivity index (χ4n) is 3.05. The molecule has 0 bridgehead atoms. The van der Waals surface area contributed by atoms with Gasteiger partial charge in [-0.15, -0.1) is 0 Å². The van der Waals surface area contributed by atoms with E-state index < -0.39 is 0 Å². The lowest BCUT2D eigenvalue weighted by Crippen LogP contribution is -2.00. The van der Waals surface area contributed by atoms with Crippen LogP contribution in [0.1, 0.15) is 23.1 Å². The minimum Gasteiger partial charge on any atom is -0.0616 e. The molecule has 2 aromatic rings. The largest absolute Gasteiger partial charge is 0.0616 e. The number of rotatable bonds is 0. The van der Waals surface area contributed by atoms with Gasteiger partial charge < -0.3 is 0 Å². The quantitative estimate of drug-likeness (QED) is 0.557. The molecule has 0 unspecified atom stereocenters. The number of fused-ring (bicyclic) bond motifs is 3. The molecule has 4 rings (SSSR count). The summed E-state index contributed by atoms with van der Waals surface area (Å²) in [6.07, 6.45) is 2.28. The summed E-state index contributed by atoms with van der Waals surface area (Å²) in [5.41, 5.74) is 8.57. The third kappa shape index (κ3) is 1.18. The summed E-state index contributed by atoms with van der Waals surface area (Å²) in [4.78, 5) is 0. The molecule has 2 aliphatic carbocycles. The third-order valence-electron chi connectivity index (χ3n) is 3.77. The van der Waals surface area contributed by atoms with E-state index in [2.05, 4.69) is 58.4 Å². The molecule has 0 atom stereocenters. The molecule has 2 aromatic carbocycles. The van der Waals surface area contributed by atoms with Crippen LogP contribution in [0, 0.1) is 0 Å². The predicted molar refractivity (Wildman–Crippen MR) is 75.1 cm³/mol. The van der Waals surface area contributed by atoms with Crippen LogP contribution >= 0.6 is 15.9 Å². The number of halogens is 1. The topological polar surface area (TPSA) is 0 Å². The van der Waals surface area contributed by atoms with Gasteiger partial charge >= 0.3 is 0 Å². The summed E-state index contributed by atoms with van der Waals surface area (Å²) in [5.74, 6) is 0. The number of hydrogen-bond donors (Lipinski definition) is 0. The average Bonchev–Trinajstić information content (AvgIpc) is 2.71. The second kappa shape index (κ2) is 3.33. The Hall–Kier alpha value is -1.34. The van der Waals surface area contributed by atoms with E-state index in [1.165, 1.54) is 37.9 Å². The summed E-state index contributed by atoms with van der Waals surface area (Å²) in [6, 6.07) is 15.4. The van der Waals surface area contributed by atoms with Crippen molar-refractivity contribution in [1.82, 2.24) is 0 Å². The van der Waals surface area contributed by atoms with Gasteiger partial charge in [0.25, 0.3) is 0 Å². The van der Waals surface area contributed by atoms with Crippen molar-refractivity contribution in [3.8, 4) is 11.1 Å². The average molecular weight is 283 g/mol. The fraction of sp³-hybridized carbons (Fsp3) is 0.125. The predicted octanol–water partition coefficient (Wildman–Crippen LogP) is 4.77. The highest BCUT2D eigenvalue weighted by Crippen LogP contribution is 2.50. The second-order valence-electron chi connectivity index (χ2n) is 4.67. The monoisotopic (exact) mass is 282 g/mol. The van der Waals surface area contributed by atoms with Gasteiger partial charge in [0.1, 0.15) is 0 Å². The first-order chi connectivity index (χ1) is 8.36. The van der Waals surface area contributed by atoms with E-state index in [1.807, 2.05) is 0 Å². The van der Waals surface area contributed by atoms with Crippen LogP contribution in [-0.2, 0) is 6.42 Å². The van der Waals surface area contributed by atoms with E-state index in [9.17, 15) is 0 Å². The molecule has 0 spiro atoms. The van der Waals surface area contributed by atoms with Crippen molar-refractivity contribution in [2.24, 2.45) is 0 Å². The van der Waals surface area contributed by atoms with Crippen molar-refractivity contribution in [2.45, 2.75) is 12.8 Å². The van der Waals surface area contributed by atoms with Crippen molar-refractivity contribution in [3.05, 3.63) is 63.6 Å². The van der Waals surface area contributed by atoms with Crippen molar-refractivity contribution >= 4 is 21.5 Å². The number of hydrogen-bond acceptors (Lipinski definition) is 0. The first kappa shape index (κ1) is 9.67. The van der Waals surface area contributed by atoms with Gasteiger partial charge in [-0.05, 0) is 40.7 Å². The van der Waals surface area contributed by atoms with E-state index in [4.69, 9.17) is 0 Å². The number of aryl methyl sites for hydroxylation is 1. The van der Waals surface area contributed by atoms with Gasteiger partial charge in [0.15, 0.2) is 0 Å². The lowest BCUT2D eigenvalue weighted by atomic mass is 9.90. The summed E-state index contributed by atoms with van der Waals surface area (Å²) >= 11 is 3.77. The molecule has 2 aliphatic rings. The zero-order valence-electron chi connectivity index (χ0n) is 9.33. The van der Waals surface area contributed by atoms with Crippen LogP contribution in [0.5, 0.6) is 0 Å². The van der Waals surface area contributed by atoms with E-state index in [1.54, 1.807) is 0 Å². The molecule has 0 saturated carbocycles. The zero-order valence-corrected chi connectivity index (χ0v) is 10.9. The first-order valence-electron chi connectivity index (χ1n) is 5.97. The second-order valence-corrected chi connectivity index (χ2v) is 5.62. The smallest absolute Gasteiger partial charge is 0.00389 e. The molecule has 0 aliphatic heterocycles. The molecular weight excluding hydrogens is 272 g/mol. The molecule has 0 saturated heterocycles. The molecule has 1 heteroatoms. The standard InChI is InChI=1S/C16H11Br/c17-14-9-8-10-4-3-7-12-11-5-1-2-6-13(11)16(14)15(10)12/h1-7H,8-9H2. The lowest BCUT2D eigenvalue weighted by Gasteiger charge is -2.17. The van der Waals surface area contributed by atoms with Crippen LogP contribution in [0.15, 0.2) is 46.9 Å². The molecular formula is C16H11Br. The Morgan fingerprint density at radius 1 is 0.765 bits per heavy atom. The maximum Gasteiger partial charge on any atom is 0.00389 e. The fourth-order valence-corrected chi connectivity index (χ4v) is 3.66. The van der Waals surface area contributed by atoms with Crippen molar-refractivity contribution in [1.29, 1.82) is 0 Å². The van der Waals surface area contributed by atoms with Crippen LogP contribution in [0.3, 0.4) is 0 Å². The molecule has 0 nitrogen and oxygen atoms in total. The summed E-state index contributed by atoms with van der Waals surface area (Å²) < 4.78 is 1.36. The maximum absolute atomic E-state index is 3.77. The highest BCUT2D eigenvalue weighted by molar-refractivity contribution is 9.11. The van der Waals surface area contributed by atoms with Crippen LogP contribution in [0.4, 0.5) is 0 Å². The Bertz CT molecular complexity index is 665. The van der Waals surface area contributed by atoms with Crippen molar-refractivity contribution < 1.29 is 0 Å². The van der Waals surface area contributed by atoms with Gasteiger partial charge in [0, 0.05) is 10.1 Å². The van der Waals surface area contributed by atoms with Crippen molar-refractivity contribution in [3.63, 3.8) is 0 Å². The molecule has 82 valence electrons. The Morgan fingerprint density at radius 2 is 1.53 bits per heavy atom. The van der Waals surface area contributed by atoms with Gasteiger partial charge in [0.2, 0.25) is 0 Å². The summed E-state index contributed by atoms with van der Waals surface area (Å²) in [6.45, 7) is 0. The Morgan fingerprint density at radius 3 is 2.41 bits per heavy atom. The van der Waals surface area contributed by atoms with Crippen LogP contribution in [0.2, 0.25) is 0 Å². The van der Waals surface area contributed by atoms with Crippen LogP contribution in [-0.4, -0.2) is 0 Å². The number of allylic oxidation sites excluding steroid dienone is 1.